The zero-order valence-electron chi connectivity index (χ0n) is 30.5. The highest BCUT2D eigenvalue weighted by molar-refractivity contribution is 5.88. The topological polar surface area (TPSA) is 47.8 Å². The number of nitrogens with one attached hydrogen (secondary N) is 2. The van der Waals surface area contributed by atoms with Gasteiger partial charge in [-0.15, -0.1) is 0 Å². The van der Waals surface area contributed by atoms with Gasteiger partial charge in [-0.3, -0.25) is 10.6 Å². The predicted molar refractivity (Wildman–Crippen MR) is 220 cm³/mol. The minimum Gasteiger partial charge on any atom is -0.291 e. The van der Waals surface area contributed by atoms with Crippen molar-refractivity contribution in [2.45, 2.75) is 43.4 Å². The molecule has 0 radical (unpaired) electrons. The van der Waals surface area contributed by atoms with Crippen molar-refractivity contribution in [1.29, 1.82) is 5.26 Å². The van der Waals surface area contributed by atoms with Gasteiger partial charge in [-0.2, -0.15) is 5.26 Å². The van der Waals surface area contributed by atoms with Crippen LogP contribution in [0.5, 0.6) is 0 Å². The second kappa shape index (κ2) is 14.4. The summed E-state index contributed by atoms with van der Waals surface area (Å²) in [6, 6.07) is 68.6. The molecule has 0 spiro atoms. The van der Waals surface area contributed by atoms with E-state index in [-0.39, 0.29) is 18.2 Å². The number of benzene rings is 7. The minimum absolute atomic E-state index is 0.0300. The summed E-state index contributed by atoms with van der Waals surface area (Å²) in [6.07, 6.45) is 2.11. The largest absolute Gasteiger partial charge is 0.291 e. The van der Waals surface area contributed by atoms with Crippen LogP contribution in [0.2, 0.25) is 0 Å². The summed E-state index contributed by atoms with van der Waals surface area (Å²) in [7, 11) is 0. The van der Waals surface area contributed by atoms with Crippen LogP contribution in [0.15, 0.2) is 182 Å². The maximum absolute atomic E-state index is 9.48. The van der Waals surface area contributed by atoms with Crippen LogP contribution in [-0.2, 0) is 5.41 Å². The summed E-state index contributed by atoms with van der Waals surface area (Å²) < 4.78 is 0. The van der Waals surface area contributed by atoms with Crippen LogP contribution in [-0.4, -0.2) is 0 Å². The lowest BCUT2D eigenvalue weighted by atomic mass is 9.67. The van der Waals surface area contributed by atoms with Gasteiger partial charge in [0.05, 0.1) is 23.2 Å². The summed E-state index contributed by atoms with van der Waals surface area (Å²) in [4.78, 5) is 0. The lowest BCUT2D eigenvalue weighted by Gasteiger charge is -2.38. The molecule has 0 bridgehead atoms. The summed E-state index contributed by atoms with van der Waals surface area (Å²) >= 11 is 0. The molecule has 0 aromatic heterocycles. The van der Waals surface area contributed by atoms with Crippen molar-refractivity contribution < 1.29 is 0 Å². The molecule has 7 aromatic carbocycles. The van der Waals surface area contributed by atoms with Gasteiger partial charge in [-0.1, -0.05) is 171 Å². The molecule has 2 N–H and O–H groups in total. The molecular weight excluding hydrogens is 655 g/mol. The molecule has 9 rings (SSSR count). The average Bonchev–Trinajstić information content (AvgIpc) is 3.53. The number of nitriles is 1. The number of hydrogen-bond acceptors (Lipinski definition) is 3. The Morgan fingerprint density at radius 2 is 1.06 bits per heavy atom. The van der Waals surface area contributed by atoms with E-state index in [9.17, 15) is 5.26 Å². The SMILES string of the molecule is CC1CCC(c2ccccc2)NC(c2ccccc2)NC1c1ccc2c(c1)C(c1ccccc1)(c1ccccc1)c1cc(-c3ccc(C#N)cc3)ccc1-2. The Bertz CT molecular complexity index is 2380. The van der Waals surface area contributed by atoms with Gasteiger partial charge in [-0.05, 0) is 98.2 Å². The number of nitrogens with zero attached hydrogens (tertiary/aromatic N) is 1. The van der Waals surface area contributed by atoms with Crippen LogP contribution in [0.1, 0.15) is 82.5 Å². The van der Waals surface area contributed by atoms with Gasteiger partial charge >= 0.3 is 0 Å². The first-order valence-electron chi connectivity index (χ1n) is 19.2. The molecule has 0 amide bonds. The molecule has 2 aliphatic rings. The highest BCUT2D eigenvalue weighted by atomic mass is 15.2. The lowest BCUT2D eigenvalue weighted by molar-refractivity contribution is 0.235. The van der Waals surface area contributed by atoms with E-state index in [2.05, 4.69) is 193 Å². The molecule has 1 saturated heterocycles. The van der Waals surface area contributed by atoms with Gasteiger partial charge in [0.2, 0.25) is 0 Å². The monoisotopic (exact) mass is 697 g/mol. The quantitative estimate of drug-likeness (QED) is 0.182. The number of hydrogen-bond donors (Lipinski definition) is 2. The van der Waals surface area contributed by atoms with Crippen molar-refractivity contribution in [1.82, 2.24) is 10.6 Å². The summed E-state index contributed by atoms with van der Waals surface area (Å²) in [6.45, 7) is 2.42. The molecule has 0 saturated carbocycles. The van der Waals surface area contributed by atoms with E-state index in [0.717, 1.165) is 24.0 Å². The third kappa shape index (κ3) is 5.95. The van der Waals surface area contributed by atoms with E-state index >= 15 is 0 Å². The molecule has 3 heteroatoms. The Kier molecular flexibility index (Phi) is 9.01. The smallest absolute Gasteiger partial charge is 0.0991 e. The Morgan fingerprint density at radius 1 is 0.519 bits per heavy atom. The summed E-state index contributed by atoms with van der Waals surface area (Å²) in [5, 5.41) is 17.7. The standard InChI is InChI=1S/C51H43N3/c1-35-22-31-48(38-14-6-2-7-15-38)53-50(39-16-8-3-9-17-39)54-49(35)41-28-30-45-44-29-27-40(37-25-23-36(34-52)24-26-37)32-46(44)51(47(45)33-41,42-18-10-4-11-19-42)43-20-12-5-13-21-43/h2-21,23-30,32-33,35,48-50,53-54H,22,31H2,1H3. The third-order valence-electron chi connectivity index (χ3n) is 11.8. The Morgan fingerprint density at radius 3 is 1.67 bits per heavy atom. The van der Waals surface area contributed by atoms with Gasteiger partial charge in [0.15, 0.2) is 0 Å². The van der Waals surface area contributed by atoms with E-state index in [1.165, 1.54) is 50.1 Å². The maximum atomic E-state index is 9.48. The van der Waals surface area contributed by atoms with Crippen molar-refractivity contribution >= 4 is 0 Å². The van der Waals surface area contributed by atoms with Crippen LogP contribution in [0.4, 0.5) is 0 Å². The molecule has 7 aromatic rings. The molecule has 3 nitrogen and oxygen atoms in total. The molecule has 1 fully saturated rings. The normalized spacial score (nSPS) is 20.1. The van der Waals surface area contributed by atoms with Crippen LogP contribution < -0.4 is 10.6 Å². The van der Waals surface area contributed by atoms with Gasteiger partial charge in [0.25, 0.3) is 0 Å². The fraction of sp³-hybridized carbons (Fsp3) is 0.157. The maximum Gasteiger partial charge on any atom is 0.0991 e. The lowest BCUT2D eigenvalue weighted by Crippen LogP contribution is -2.43. The average molecular weight is 698 g/mol. The first-order valence-corrected chi connectivity index (χ1v) is 19.2. The van der Waals surface area contributed by atoms with Gasteiger partial charge in [-0.25, -0.2) is 0 Å². The third-order valence-corrected chi connectivity index (χ3v) is 11.8. The fourth-order valence-corrected chi connectivity index (χ4v) is 9.10. The van der Waals surface area contributed by atoms with E-state index in [4.69, 9.17) is 0 Å². The molecular formula is C51H43N3. The van der Waals surface area contributed by atoms with E-state index in [0.29, 0.717) is 11.5 Å². The Hall–Kier alpha value is -6.05. The molecule has 1 heterocycles. The highest BCUT2D eigenvalue weighted by Crippen LogP contribution is 2.57. The van der Waals surface area contributed by atoms with Crippen molar-refractivity contribution in [3.05, 3.63) is 226 Å². The molecule has 262 valence electrons. The fourth-order valence-electron chi connectivity index (χ4n) is 9.10. The number of rotatable bonds is 6. The van der Waals surface area contributed by atoms with Crippen LogP contribution in [0.25, 0.3) is 22.3 Å². The summed E-state index contributed by atoms with van der Waals surface area (Å²) in [5.74, 6) is 0.386. The van der Waals surface area contributed by atoms with Crippen LogP contribution in [0.3, 0.4) is 0 Å². The Balaban J connectivity index is 1.21. The summed E-state index contributed by atoms with van der Waals surface area (Å²) in [5.41, 5.74) is 13.9. The van der Waals surface area contributed by atoms with Crippen LogP contribution >= 0.6 is 0 Å². The molecule has 1 aliphatic heterocycles. The zero-order valence-corrected chi connectivity index (χ0v) is 30.5. The van der Waals surface area contributed by atoms with E-state index < -0.39 is 5.41 Å². The zero-order chi connectivity index (χ0) is 36.5. The minimum atomic E-state index is -0.536. The number of fused-ring (bicyclic) bond motifs is 3. The van der Waals surface area contributed by atoms with Gasteiger partial charge in [0.1, 0.15) is 0 Å². The molecule has 4 atom stereocenters. The molecule has 54 heavy (non-hydrogen) atoms. The predicted octanol–water partition coefficient (Wildman–Crippen LogP) is 11.7. The van der Waals surface area contributed by atoms with Crippen molar-refractivity contribution in [2.75, 3.05) is 0 Å². The molecule has 4 unspecified atom stereocenters. The van der Waals surface area contributed by atoms with Crippen molar-refractivity contribution in [3.63, 3.8) is 0 Å². The van der Waals surface area contributed by atoms with Crippen LogP contribution in [0, 0.1) is 17.2 Å². The van der Waals surface area contributed by atoms with E-state index in [1.54, 1.807) is 0 Å². The van der Waals surface area contributed by atoms with Gasteiger partial charge < -0.3 is 0 Å². The van der Waals surface area contributed by atoms with Gasteiger partial charge in [0, 0.05) is 12.1 Å². The second-order valence-corrected chi connectivity index (χ2v) is 14.9. The second-order valence-electron chi connectivity index (χ2n) is 14.9. The highest BCUT2D eigenvalue weighted by Gasteiger charge is 2.47. The molecule has 1 aliphatic carbocycles. The Labute approximate surface area is 319 Å². The van der Waals surface area contributed by atoms with E-state index in [1.807, 2.05) is 12.1 Å². The van der Waals surface area contributed by atoms with Crippen molar-refractivity contribution in [3.8, 4) is 28.3 Å². The van der Waals surface area contributed by atoms with Crippen molar-refractivity contribution in [2.24, 2.45) is 5.92 Å². The first kappa shape index (κ1) is 33.8. The first-order chi connectivity index (χ1) is 26.6.